The fourth-order valence-electron chi connectivity index (χ4n) is 4.40. The van der Waals surface area contributed by atoms with Crippen molar-refractivity contribution in [1.29, 1.82) is 0 Å². The van der Waals surface area contributed by atoms with Crippen molar-refractivity contribution in [2.75, 3.05) is 6.54 Å². The molecular weight excluding hydrogens is 366 g/mol. The second kappa shape index (κ2) is 7.08. The zero-order chi connectivity index (χ0) is 20.0. The van der Waals surface area contributed by atoms with Gasteiger partial charge in [-0.25, -0.2) is 0 Å². The van der Waals surface area contributed by atoms with Crippen molar-refractivity contribution in [3.8, 4) is 11.5 Å². The number of nitrogens with one attached hydrogen (secondary N) is 1. The number of benzene rings is 2. The van der Waals surface area contributed by atoms with Crippen LogP contribution < -0.4 is 14.7 Å². The standard InChI is InChI=1S/C24H23NO4/c1-15-6-4-5-11-25(15)14-19-20(26)10-9-18-23(27)22(29-24(18)19)13-17-12-16-7-2-3-8-21(16)28-17/h2-3,7-10,12-13,15,26H,4-6,11,14H2,1H3. The largest absolute Gasteiger partial charge is 0.872 e. The number of para-hydroxylation sites is 1. The Morgan fingerprint density at radius 1 is 1.21 bits per heavy atom. The molecular formula is C24H23NO4. The number of ketones is 1. The minimum atomic E-state index is -0.205. The van der Waals surface area contributed by atoms with Crippen LogP contribution in [-0.2, 0) is 6.54 Å². The summed E-state index contributed by atoms with van der Waals surface area (Å²) in [6, 6.07) is 13.1. The number of carbonyl (C=O) groups excluding carboxylic acids is 1. The van der Waals surface area contributed by atoms with Crippen molar-refractivity contribution in [3.05, 3.63) is 65.1 Å². The van der Waals surface area contributed by atoms with E-state index in [1.165, 1.54) is 23.8 Å². The van der Waals surface area contributed by atoms with Crippen LogP contribution in [0.3, 0.4) is 0 Å². The lowest BCUT2D eigenvalue weighted by molar-refractivity contribution is -0.942. The molecule has 0 saturated carbocycles. The predicted octanol–water partition coefficient (Wildman–Crippen LogP) is 3.08. The van der Waals surface area contributed by atoms with Crippen LogP contribution >= 0.6 is 0 Å². The van der Waals surface area contributed by atoms with Gasteiger partial charge in [0.1, 0.15) is 23.6 Å². The summed E-state index contributed by atoms with van der Waals surface area (Å²) in [6.45, 7) is 3.86. The van der Waals surface area contributed by atoms with E-state index in [2.05, 4.69) is 6.92 Å². The van der Waals surface area contributed by atoms with Gasteiger partial charge in [0.2, 0.25) is 5.78 Å². The topological polar surface area (TPSA) is 66.9 Å². The van der Waals surface area contributed by atoms with Crippen LogP contribution in [0.25, 0.3) is 17.0 Å². The molecule has 0 bridgehead atoms. The van der Waals surface area contributed by atoms with Crippen molar-refractivity contribution >= 4 is 22.8 Å². The van der Waals surface area contributed by atoms with Gasteiger partial charge in [0.25, 0.3) is 0 Å². The number of hydrogen-bond acceptors (Lipinski definition) is 4. The fourth-order valence-corrected chi connectivity index (χ4v) is 4.40. The first-order valence-electron chi connectivity index (χ1n) is 10.2. The molecule has 1 N–H and O–H groups in total. The molecule has 5 heteroatoms. The van der Waals surface area contributed by atoms with Crippen LogP contribution in [0.4, 0.5) is 0 Å². The summed E-state index contributed by atoms with van der Waals surface area (Å²) in [5.41, 5.74) is 1.83. The van der Waals surface area contributed by atoms with Gasteiger partial charge < -0.3 is 19.2 Å². The number of piperidine rings is 1. The Hall–Kier alpha value is -3.05. The van der Waals surface area contributed by atoms with Crippen molar-refractivity contribution in [1.82, 2.24) is 0 Å². The molecule has 2 atom stereocenters. The maximum absolute atomic E-state index is 12.9. The minimum absolute atomic E-state index is 0.0631. The molecule has 0 radical (unpaired) electrons. The lowest BCUT2D eigenvalue weighted by atomic mass is 10.0. The van der Waals surface area contributed by atoms with Crippen molar-refractivity contribution in [3.63, 3.8) is 0 Å². The Kier molecular flexibility index (Phi) is 4.40. The first-order chi connectivity index (χ1) is 14.1. The summed E-state index contributed by atoms with van der Waals surface area (Å²) < 4.78 is 11.7. The number of likely N-dealkylation sites (tertiary alicyclic amines) is 1. The van der Waals surface area contributed by atoms with Gasteiger partial charge in [-0.1, -0.05) is 30.0 Å². The average molecular weight is 389 g/mol. The number of furan rings is 1. The van der Waals surface area contributed by atoms with Gasteiger partial charge >= 0.3 is 0 Å². The van der Waals surface area contributed by atoms with Crippen molar-refractivity contribution in [2.45, 2.75) is 38.8 Å². The molecule has 3 heterocycles. The third-order valence-electron chi connectivity index (χ3n) is 6.10. The molecule has 0 amide bonds. The molecule has 1 aromatic heterocycles. The van der Waals surface area contributed by atoms with Crippen molar-refractivity contribution < 1.29 is 24.0 Å². The van der Waals surface area contributed by atoms with Gasteiger partial charge in [-0.2, -0.15) is 0 Å². The first kappa shape index (κ1) is 18.0. The highest BCUT2D eigenvalue weighted by atomic mass is 16.5. The van der Waals surface area contributed by atoms with E-state index < -0.39 is 0 Å². The molecule has 29 heavy (non-hydrogen) atoms. The molecule has 2 aromatic carbocycles. The molecule has 0 aliphatic carbocycles. The van der Waals surface area contributed by atoms with Gasteiger partial charge in [-0.3, -0.25) is 4.79 Å². The average Bonchev–Trinajstić information content (AvgIpc) is 3.26. The number of hydrogen-bond donors (Lipinski definition) is 1. The number of quaternary nitrogens is 1. The van der Waals surface area contributed by atoms with E-state index in [1.807, 2.05) is 30.3 Å². The second-order valence-electron chi connectivity index (χ2n) is 8.03. The van der Waals surface area contributed by atoms with E-state index in [4.69, 9.17) is 9.15 Å². The number of carbonyl (C=O) groups is 1. The Bertz CT molecular complexity index is 1090. The summed E-state index contributed by atoms with van der Waals surface area (Å²) in [4.78, 5) is 14.3. The Morgan fingerprint density at radius 2 is 2.07 bits per heavy atom. The number of fused-ring (bicyclic) bond motifs is 2. The zero-order valence-electron chi connectivity index (χ0n) is 16.4. The zero-order valence-corrected chi connectivity index (χ0v) is 16.4. The van der Waals surface area contributed by atoms with Crippen molar-refractivity contribution in [2.24, 2.45) is 0 Å². The predicted molar refractivity (Wildman–Crippen MR) is 108 cm³/mol. The fraction of sp³-hybridized carbons (Fsp3) is 0.292. The van der Waals surface area contributed by atoms with E-state index in [0.717, 1.165) is 23.9 Å². The van der Waals surface area contributed by atoms with Crippen LogP contribution in [-0.4, -0.2) is 18.4 Å². The normalized spacial score (nSPS) is 22.8. The van der Waals surface area contributed by atoms with Gasteiger partial charge in [0, 0.05) is 17.0 Å². The monoisotopic (exact) mass is 389 g/mol. The van der Waals surface area contributed by atoms with Crippen LogP contribution in [0.1, 0.15) is 47.9 Å². The number of Topliss-reactive ketones (excluding diaryl/α,β-unsaturated/α-hetero) is 1. The highest BCUT2D eigenvalue weighted by molar-refractivity contribution is 6.14. The number of allylic oxidation sites excluding steroid dienone is 1. The van der Waals surface area contributed by atoms with E-state index in [-0.39, 0.29) is 17.3 Å². The maximum Gasteiger partial charge on any atom is 0.232 e. The summed E-state index contributed by atoms with van der Waals surface area (Å²) >= 11 is 0. The molecule has 1 fully saturated rings. The molecule has 5 rings (SSSR count). The summed E-state index contributed by atoms with van der Waals surface area (Å²) in [5, 5.41) is 13.6. The smallest absolute Gasteiger partial charge is 0.232 e. The molecule has 2 aliphatic heterocycles. The van der Waals surface area contributed by atoms with Crippen LogP contribution in [0.5, 0.6) is 11.5 Å². The third kappa shape index (κ3) is 3.21. The Balaban J connectivity index is 1.48. The molecule has 1 saturated heterocycles. The highest BCUT2D eigenvalue weighted by Crippen LogP contribution is 2.38. The van der Waals surface area contributed by atoms with E-state index >= 15 is 0 Å². The Labute approximate surface area is 169 Å². The number of ether oxygens (including phenoxy) is 1. The van der Waals surface area contributed by atoms with Crippen LogP contribution in [0, 0.1) is 0 Å². The SMILES string of the molecule is CC1CCCC[NH+]1Cc1c([O-])ccc2c1OC(=Cc1cc3ccccc3o1)C2=O. The molecule has 148 valence electrons. The number of rotatable bonds is 3. The Morgan fingerprint density at radius 3 is 2.90 bits per heavy atom. The van der Waals surface area contributed by atoms with E-state index in [9.17, 15) is 9.90 Å². The van der Waals surface area contributed by atoms with Gasteiger partial charge in [-0.05, 0) is 44.4 Å². The molecule has 5 nitrogen and oxygen atoms in total. The quantitative estimate of drug-likeness (QED) is 0.699. The molecule has 3 aromatic rings. The third-order valence-corrected chi connectivity index (χ3v) is 6.10. The van der Waals surface area contributed by atoms with Gasteiger partial charge in [0.15, 0.2) is 5.76 Å². The van der Waals surface area contributed by atoms with Gasteiger partial charge in [-0.15, -0.1) is 0 Å². The lowest BCUT2D eigenvalue weighted by Gasteiger charge is -2.31. The summed E-state index contributed by atoms with van der Waals surface area (Å²) in [7, 11) is 0. The maximum atomic E-state index is 12.9. The molecule has 2 unspecified atom stereocenters. The summed E-state index contributed by atoms with van der Waals surface area (Å²) in [6.07, 6.45) is 5.18. The van der Waals surface area contributed by atoms with Crippen LogP contribution in [0.2, 0.25) is 0 Å². The van der Waals surface area contributed by atoms with E-state index in [1.54, 1.807) is 12.1 Å². The first-order valence-corrected chi connectivity index (χ1v) is 10.2. The van der Waals surface area contributed by atoms with Crippen LogP contribution in [0.15, 0.2) is 52.6 Å². The second-order valence-corrected chi connectivity index (χ2v) is 8.03. The molecule has 2 aliphatic rings. The highest BCUT2D eigenvalue weighted by Gasteiger charge is 2.32. The van der Waals surface area contributed by atoms with E-state index in [0.29, 0.717) is 35.2 Å². The lowest BCUT2D eigenvalue weighted by Crippen LogP contribution is -3.14. The summed E-state index contributed by atoms with van der Waals surface area (Å²) in [5.74, 6) is 0.916. The van der Waals surface area contributed by atoms with Gasteiger partial charge in [0.05, 0.1) is 18.2 Å². The minimum Gasteiger partial charge on any atom is -0.872 e. The molecule has 0 spiro atoms.